The lowest BCUT2D eigenvalue weighted by atomic mass is 9.88. The Bertz CT molecular complexity index is 292. The van der Waals surface area contributed by atoms with Crippen LogP contribution in [0.5, 0.6) is 0 Å². The first-order chi connectivity index (χ1) is 6.24. The molecule has 0 saturated carbocycles. The largest absolute Gasteiger partial charge is 0.382 e. The summed E-state index contributed by atoms with van der Waals surface area (Å²) < 4.78 is 0. The third kappa shape index (κ3) is 1.59. The summed E-state index contributed by atoms with van der Waals surface area (Å²) in [6, 6.07) is 8.12. The van der Waals surface area contributed by atoms with E-state index in [0.29, 0.717) is 13.1 Å². The summed E-state index contributed by atoms with van der Waals surface area (Å²) in [5, 5.41) is 13.0. The number of nitrogens with one attached hydrogen (secondary N) is 1. The van der Waals surface area contributed by atoms with Gasteiger partial charge >= 0.3 is 0 Å². The van der Waals surface area contributed by atoms with Crippen molar-refractivity contribution in [2.24, 2.45) is 0 Å². The molecule has 2 rings (SSSR count). The first kappa shape index (κ1) is 9.06. The van der Waals surface area contributed by atoms with Crippen molar-refractivity contribution in [1.82, 2.24) is 5.32 Å². The molecule has 0 amide bonds. The Morgan fingerprint density at radius 2 is 1.92 bits per heavy atom. The number of aliphatic hydroxyl groups is 1. The number of β-amino-alcohol motifs (C(OH)–C–C–N with tert-alkyl or cyclic N) is 1. The summed E-state index contributed by atoms with van der Waals surface area (Å²) in [6.07, 6.45) is 2.05. The van der Waals surface area contributed by atoms with Gasteiger partial charge in [-0.25, -0.2) is 0 Å². The Kier molecular flexibility index (Phi) is 2.32. The number of thioether (sulfide) groups is 1. The van der Waals surface area contributed by atoms with Crippen LogP contribution in [0.3, 0.4) is 0 Å². The van der Waals surface area contributed by atoms with Crippen LogP contribution >= 0.6 is 11.8 Å². The molecule has 0 atom stereocenters. The molecule has 2 nitrogen and oxygen atoms in total. The molecule has 0 radical (unpaired) electrons. The zero-order chi connectivity index (χ0) is 9.31. The lowest BCUT2D eigenvalue weighted by Crippen LogP contribution is -2.56. The van der Waals surface area contributed by atoms with Crippen LogP contribution in [0.2, 0.25) is 0 Å². The SMILES string of the molecule is CSc1ccc(C2(O)CNC2)cc1. The normalized spacial score (nSPS) is 19.5. The first-order valence-corrected chi connectivity index (χ1v) is 5.55. The van der Waals surface area contributed by atoms with Gasteiger partial charge in [0, 0.05) is 18.0 Å². The summed E-state index contributed by atoms with van der Waals surface area (Å²) in [7, 11) is 0. The summed E-state index contributed by atoms with van der Waals surface area (Å²) >= 11 is 1.72. The summed E-state index contributed by atoms with van der Waals surface area (Å²) in [5.41, 5.74) is 0.403. The van der Waals surface area contributed by atoms with E-state index in [2.05, 4.69) is 23.7 Å². The van der Waals surface area contributed by atoms with Gasteiger partial charge in [0.1, 0.15) is 5.60 Å². The summed E-state index contributed by atoms with van der Waals surface area (Å²) in [4.78, 5) is 1.24. The standard InChI is InChI=1S/C10H13NOS/c1-13-9-4-2-8(3-5-9)10(12)6-11-7-10/h2-5,11-12H,6-7H2,1H3. The topological polar surface area (TPSA) is 32.3 Å². The van der Waals surface area contributed by atoms with Gasteiger partial charge in [0.05, 0.1) is 0 Å². The highest BCUT2D eigenvalue weighted by atomic mass is 32.2. The maximum absolute atomic E-state index is 9.98. The van der Waals surface area contributed by atoms with Crippen LogP contribution in [0.25, 0.3) is 0 Å². The van der Waals surface area contributed by atoms with Crippen LogP contribution in [0, 0.1) is 0 Å². The minimum Gasteiger partial charge on any atom is -0.382 e. The van der Waals surface area contributed by atoms with Crippen molar-refractivity contribution < 1.29 is 5.11 Å². The second-order valence-corrected chi connectivity index (χ2v) is 4.24. The second kappa shape index (κ2) is 3.33. The van der Waals surface area contributed by atoms with Crippen LogP contribution in [-0.4, -0.2) is 24.5 Å². The first-order valence-electron chi connectivity index (χ1n) is 4.32. The lowest BCUT2D eigenvalue weighted by Gasteiger charge is -2.38. The predicted molar refractivity (Wildman–Crippen MR) is 55.0 cm³/mol. The van der Waals surface area contributed by atoms with Gasteiger partial charge < -0.3 is 10.4 Å². The van der Waals surface area contributed by atoms with Crippen molar-refractivity contribution >= 4 is 11.8 Å². The molecule has 2 N–H and O–H groups in total. The highest BCUT2D eigenvalue weighted by molar-refractivity contribution is 7.98. The Morgan fingerprint density at radius 3 is 2.31 bits per heavy atom. The number of rotatable bonds is 2. The molecule has 1 aliphatic heterocycles. The third-order valence-electron chi connectivity index (χ3n) is 2.46. The number of hydrogen-bond donors (Lipinski definition) is 2. The zero-order valence-corrected chi connectivity index (χ0v) is 8.40. The minimum absolute atomic E-state index is 0.614. The molecule has 1 aliphatic rings. The van der Waals surface area contributed by atoms with E-state index < -0.39 is 5.60 Å². The third-order valence-corrected chi connectivity index (χ3v) is 3.21. The van der Waals surface area contributed by atoms with Gasteiger partial charge in [-0.3, -0.25) is 0 Å². The van der Waals surface area contributed by atoms with Gasteiger partial charge in [-0.15, -0.1) is 11.8 Å². The van der Waals surface area contributed by atoms with Gasteiger partial charge in [-0.2, -0.15) is 0 Å². The summed E-state index contributed by atoms with van der Waals surface area (Å²) in [6.45, 7) is 1.34. The maximum Gasteiger partial charge on any atom is 0.114 e. The fourth-order valence-electron chi connectivity index (χ4n) is 1.47. The monoisotopic (exact) mass is 195 g/mol. The van der Waals surface area contributed by atoms with Crippen molar-refractivity contribution in [3.63, 3.8) is 0 Å². The Hall–Kier alpha value is -0.510. The predicted octanol–water partition coefficient (Wildman–Crippen LogP) is 1.20. The molecule has 13 heavy (non-hydrogen) atoms. The molecule has 1 aromatic carbocycles. The molecular formula is C10H13NOS. The van der Waals surface area contributed by atoms with Crippen LogP contribution < -0.4 is 5.32 Å². The Morgan fingerprint density at radius 1 is 1.31 bits per heavy atom. The van der Waals surface area contributed by atoms with Gasteiger partial charge in [0.15, 0.2) is 0 Å². The Labute approximate surface area is 82.4 Å². The fraction of sp³-hybridized carbons (Fsp3) is 0.400. The van der Waals surface area contributed by atoms with E-state index in [-0.39, 0.29) is 0 Å². The molecule has 3 heteroatoms. The molecule has 0 bridgehead atoms. The molecule has 1 aromatic rings. The average molecular weight is 195 g/mol. The molecule has 1 saturated heterocycles. The van der Waals surface area contributed by atoms with E-state index >= 15 is 0 Å². The van der Waals surface area contributed by atoms with Crippen molar-refractivity contribution in [1.29, 1.82) is 0 Å². The van der Waals surface area contributed by atoms with Crippen LogP contribution in [-0.2, 0) is 5.60 Å². The van der Waals surface area contributed by atoms with Gasteiger partial charge in [-0.1, -0.05) is 12.1 Å². The summed E-state index contributed by atoms with van der Waals surface area (Å²) in [5.74, 6) is 0. The van der Waals surface area contributed by atoms with Gasteiger partial charge in [0.25, 0.3) is 0 Å². The average Bonchev–Trinajstić information content (AvgIpc) is 2.14. The van der Waals surface area contributed by atoms with Gasteiger partial charge in [-0.05, 0) is 24.0 Å². The highest BCUT2D eigenvalue weighted by Crippen LogP contribution is 2.26. The molecule has 1 fully saturated rings. The lowest BCUT2D eigenvalue weighted by molar-refractivity contribution is -0.0146. The van der Waals surface area contributed by atoms with Crippen molar-refractivity contribution in [2.45, 2.75) is 10.5 Å². The molecule has 70 valence electrons. The second-order valence-electron chi connectivity index (χ2n) is 3.36. The number of benzene rings is 1. The van der Waals surface area contributed by atoms with E-state index in [1.165, 1.54) is 4.90 Å². The van der Waals surface area contributed by atoms with Crippen LogP contribution in [0.15, 0.2) is 29.2 Å². The zero-order valence-electron chi connectivity index (χ0n) is 7.58. The van der Waals surface area contributed by atoms with E-state index in [4.69, 9.17) is 0 Å². The molecular weight excluding hydrogens is 182 g/mol. The van der Waals surface area contributed by atoms with Crippen molar-refractivity contribution in [3.8, 4) is 0 Å². The number of hydrogen-bond acceptors (Lipinski definition) is 3. The van der Waals surface area contributed by atoms with Crippen LogP contribution in [0.1, 0.15) is 5.56 Å². The van der Waals surface area contributed by atoms with E-state index in [1.807, 2.05) is 12.1 Å². The molecule has 0 aromatic heterocycles. The quantitative estimate of drug-likeness (QED) is 0.695. The highest BCUT2D eigenvalue weighted by Gasteiger charge is 2.35. The Balaban J connectivity index is 2.22. The van der Waals surface area contributed by atoms with E-state index in [0.717, 1.165) is 5.56 Å². The smallest absolute Gasteiger partial charge is 0.114 e. The minimum atomic E-state index is -0.614. The molecule has 0 spiro atoms. The van der Waals surface area contributed by atoms with Gasteiger partial charge in [0.2, 0.25) is 0 Å². The van der Waals surface area contributed by atoms with Crippen molar-refractivity contribution in [3.05, 3.63) is 29.8 Å². The maximum atomic E-state index is 9.98. The van der Waals surface area contributed by atoms with Crippen LogP contribution in [0.4, 0.5) is 0 Å². The molecule has 0 aliphatic carbocycles. The van der Waals surface area contributed by atoms with E-state index in [9.17, 15) is 5.11 Å². The molecule has 0 unspecified atom stereocenters. The van der Waals surface area contributed by atoms with E-state index in [1.54, 1.807) is 11.8 Å². The molecule has 1 heterocycles. The van der Waals surface area contributed by atoms with Crippen molar-refractivity contribution in [2.75, 3.05) is 19.3 Å². The fourth-order valence-corrected chi connectivity index (χ4v) is 1.88.